The first-order valence-corrected chi connectivity index (χ1v) is 6.67. The highest BCUT2D eigenvalue weighted by Crippen LogP contribution is 2.31. The van der Waals surface area contributed by atoms with Crippen molar-refractivity contribution in [1.82, 2.24) is 5.43 Å². The van der Waals surface area contributed by atoms with Crippen LogP contribution in [-0.4, -0.2) is 19.3 Å². The van der Waals surface area contributed by atoms with Crippen molar-refractivity contribution in [3.05, 3.63) is 29.8 Å². The molecule has 2 fully saturated rings. The number of hydrazine groups is 1. The summed E-state index contributed by atoms with van der Waals surface area (Å²) in [6.45, 7) is 1.63. The van der Waals surface area contributed by atoms with Gasteiger partial charge in [-0.2, -0.15) is 0 Å². The first kappa shape index (κ1) is 12.0. The van der Waals surface area contributed by atoms with Crippen molar-refractivity contribution in [2.45, 2.75) is 31.4 Å². The van der Waals surface area contributed by atoms with E-state index in [-0.39, 0.29) is 6.04 Å². The fourth-order valence-electron chi connectivity index (χ4n) is 2.45. The topological polar surface area (TPSA) is 56.5 Å². The average molecular weight is 248 g/mol. The highest BCUT2D eigenvalue weighted by Gasteiger charge is 2.27. The molecule has 1 saturated carbocycles. The Morgan fingerprint density at radius 3 is 2.56 bits per heavy atom. The van der Waals surface area contributed by atoms with Crippen molar-refractivity contribution in [3.8, 4) is 5.75 Å². The lowest BCUT2D eigenvalue weighted by Crippen LogP contribution is -2.33. The molecule has 4 nitrogen and oxygen atoms in total. The maximum Gasteiger partial charge on any atom is 0.119 e. The number of nitrogens with two attached hydrogens (primary N) is 1. The SMILES string of the molecule is NNC(c1ccc(OC2CC2)cc1)C1CCOC1. The number of hydrogen-bond acceptors (Lipinski definition) is 4. The van der Waals surface area contributed by atoms with Gasteiger partial charge in [0.25, 0.3) is 0 Å². The van der Waals surface area contributed by atoms with Crippen LogP contribution in [0, 0.1) is 5.92 Å². The number of benzene rings is 1. The monoisotopic (exact) mass is 248 g/mol. The quantitative estimate of drug-likeness (QED) is 0.616. The molecular weight excluding hydrogens is 228 g/mol. The molecule has 3 N–H and O–H groups in total. The molecule has 0 bridgehead atoms. The van der Waals surface area contributed by atoms with Gasteiger partial charge in [-0.15, -0.1) is 0 Å². The second-order valence-corrected chi connectivity index (χ2v) is 5.15. The van der Waals surface area contributed by atoms with Crippen LogP contribution in [-0.2, 0) is 4.74 Å². The van der Waals surface area contributed by atoms with Crippen molar-refractivity contribution in [2.24, 2.45) is 11.8 Å². The maximum absolute atomic E-state index is 5.74. The first-order valence-electron chi connectivity index (χ1n) is 6.67. The van der Waals surface area contributed by atoms with Crippen molar-refractivity contribution in [1.29, 1.82) is 0 Å². The highest BCUT2D eigenvalue weighted by atomic mass is 16.5. The molecule has 0 aromatic heterocycles. The van der Waals surface area contributed by atoms with E-state index in [0.717, 1.165) is 25.4 Å². The minimum atomic E-state index is 0.169. The predicted octanol–water partition coefficient (Wildman–Crippen LogP) is 1.77. The standard InChI is InChI=1S/C14H20N2O2/c15-16-14(11-7-8-17-9-11)10-1-3-12(4-2-10)18-13-5-6-13/h1-4,11,13-14,16H,5-9,15H2. The summed E-state index contributed by atoms with van der Waals surface area (Å²) in [6.07, 6.45) is 3.89. The van der Waals surface area contributed by atoms with E-state index in [2.05, 4.69) is 17.6 Å². The molecule has 2 atom stereocenters. The number of ether oxygens (including phenoxy) is 2. The fourth-order valence-corrected chi connectivity index (χ4v) is 2.45. The number of hydrogen-bond donors (Lipinski definition) is 2. The van der Waals surface area contributed by atoms with Crippen LogP contribution in [0.3, 0.4) is 0 Å². The second kappa shape index (κ2) is 5.26. The summed E-state index contributed by atoms with van der Waals surface area (Å²) in [7, 11) is 0. The van der Waals surface area contributed by atoms with E-state index in [4.69, 9.17) is 15.3 Å². The van der Waals surface area contributed by atoms with Crippen LogP contribution < -0.4 is 16.0 Å². The van der Waals surface area contributed by atoms with E-state index in [0.29, 0.717) is 12.0 Å². The average Bonchev–Trinajstić information content (AvgIpc) is 3.05. The van der Waals surface area contributed by atoms with Crippen LogP contribution in [0.5, 0.6) is 5.75 Å². The summed E-state index contributed by atoms with van der Waals surface area (Å²) in [5.74, 6) is 7.10. The largest absolute Gasteiger partial charge is 0.490 e. The molecule has 18 heavy (non-hydrogen) atoms. The summed E-state index contributed by atoms with van der Waals surface area (Å²) in [5.41, 5.74) is 4.12. The van der Waals surface area contributed by atoms with E-state index in [9.17, 15) is 0 Å². The molecule has 1 aliphatic carbocycles. The Hall–Kier alpha value is -1.10. The molecule has 1 aromatic carbocycles. The van der Waals surface area contributed by atoms with Crippen LogP contribution in [0.4, 0.5) is 0 Å². The van der Waals surface area contributed by atoms with Crippen LogP contribution in [0.25, 0.3) is 0 Å². The van der Waals surface area contributed by atoms with E-state index in [1.54, 1.807) is 0 Å². The molecular formula is C14H20N2O2. The van der Waals surface area contributed by atoms with Crippen molar-refractivity contribution in [2.75, 3.05) is 13.2 Å². The molecule has 4 heteroatoms. The van der Waals surface area contributed by atoms with Crippen molar-refractivity contribution < 1.29 is 9.47 Å². The molecule has 0 radical (unpaired) electrons. The molecule has 0 spiro atoms. The van der Waals surface area contributed by atoms with Crippen LogP contribution in [0.15, 0.2) is 24.3 Å². The second-order valence-electron chi connectivity index (χ2n) is 5.15. The van der Waals surface area contributed by atoms with E-state index in [1.807, 2.05) is 12.1 Å². The lowest BCUT2D eigenvalue weighted by molar-refractivity contribution is 0.177. The maximum atomic E-state index is 5.74. The zero-order valence-electron chi connectivity index (χ0n) is 10.5. The summed E-state index contributed by atoms with van der Waals surface area (Å²) < 4.78 is 11.2. The molecule has 1 aromatic rings. The molecule has 2 aliphatic rings. The molecule has 1 saturated heterocycles. The first-order chi connectivity index (χ1) is 8.86. The minimum absolute atomic E-state index is 0.169. The third-order valence-corrected chi connectivity index (χ3v) is 3.68. The van der Waals surface area contributed by atoms with E-state index < -0.39 is 0 Å². The van der Waals surface area contributed by atoms with Crippen LogP contribution in [0.1, 0.15) is 30.9 Å². The van der Waals surface area contributed by atoms with Gasteiger partial charge in [0.2, 0.25) is 0 Å². The predicted molar refractivity (Wildman–Crippen MR) is 69.1 cm³/mol. The number of nitrogens with one attached hydrogen (secondary N) is 1. The van der Waals surface area contributed by atoms with Crippen molar-refractivity contribution >= 4 is 0 Å². The Morgan fingerprint density at radius 1 is 1.22 bits per heavy atom. The Kier molecular flexibility index (Phi) is 3.50. The molecule has 98 valence electrons. The summed E-state index contributed by atoms with van der Waals surface area (Å²) >= 11 is 0. The lowest BCUT2D eigenvalue weighted by atomic mass is 9.93. The normalized spacial score (nSPS) is 25.1. The minimum Gasteiger partial charge on any atom is -0.490 e. The molecule has 1 aliphatic heterocycles. The number of rotatable bonds is 5. The molecule has 3 rings (SSSR count). The third kappa shape index (κ3) is 2.66. The van der Waals surface area contributed by atoms with Gasteiger partial charge in [0.15, 0.2) is 0 Å². The zero-order valence-corrected chi connectivity index (χ0v) is 10.5. The van der Waals surface area contributed by atoms with Gasteiger partial charge in [0.05, 0.1) is 18.8 Å². The Labute approximate surface area is 107 Å². The highest BCUT2D eigenvalue weighted by molar-refractivity contribution is 5.30. The van der Waals surface area contributed by atoms with Gasteiger partial charge < -0.3 is 9.47 Å². The van der Waals surface area contributed by atoms with Gasteiger partial charge in [-0.05, 0) is 37.0 Å². The van der Waals surface area contributed by atoms with Gasteiger partial charge >= 0.3 is 0 Å². The summed E-state index contributed by atoms with van der Waals surface area (Å²) in [4.78, 5) is 0. The van der Waals surface area contributed by atoms with Crippen LogP contribution in [0.2, 0.25) is 0 Å². The molecule has 0 amide bonds. The van der Waals surface area contributed by atoms with Gasteiger partial charge in [0.1, 0.15) is 5.75 Å². The fraction of sp³-hybridized carbons (Fsp3) is 0.571. The van der Waals surface area contributed by atoms with Gasteiger partial charge in [-0.25, -0.2) is 0 Å². The van der Waals surface area contributed by atoms with Crippen molar-refractivity contribution in [3.63, 3.8) is 0 Å². The Bertz CT molecular complexity index is 383. The molecule has 1 heterocycles. The molecule has 2 unspecified atom stereocenters. The zero-order chi connectivity index (χ0) is 12.4. The van der Waals surface area contributed by atoms with Gasteiger partial charge in [-0.3, -0.25) is 11.3 Å². The lowest BCUT2D eigenvalue weighted by Gasteiger charge is -2.22. The van der Waals surface area contributed by atoms with Gasteiger partial charge in [0, 0.05) is 12.5 Å². The van der Waals surface area contributed by atoms with E-state index >= 15 is 0 Å². The Balaban J connectivity index is 1.68. The third-order valence-electron chi connectivity index (χ3n) is 3.68. The van der Waals surface area contributed by atoms with E-state index in [1.165, 1.54) is 18.4 Å². The summed E-state index contributed by atoms with van der Waals surface area (Å²) in [5, 5.41) is 0. The van der Waals surface area contributed by atoms with Crippen LogP contribution >= 0.6 is 0 Å². The summed E-state index contributed by atoms with van der Waals surface area (Å²) in [6, 6.07) is 8.44. The Morgan fingerprint density at radius 2 is 2.00 bits per heavy atom. The van der Waals surface area contributed by atoms with Gasteiger partial charge in [-0.1, -0.05) is 12.1 Å². The smallest absolute Gasteiger partial charge is 0.119 e.